The Morgan fingerprint density at radius 1 is 1.00 bits per heavy atom. The van der Waals surface area contributed by atoms with Crippen molar-refractivity contribution in [2.24, 2.45) is 5.92 Å². The van der Waals surface area contributed by atoms with Gasteiger partial charge in [0.1, 0.15) is 5.60 Å². The first kappa shape index (κ1) is 30.3. The Labute approximate surface area is 218 Å². The molecule has 1 heterocycles. The van der Waals surface area contributed by atoms with Gasteiger partial charge in [0.2, 0.25) is 0 Å². The normalized spacial score (nSPS) is 21.3. The van der Waals surface area contributed by atoms with Crippen LogP contribution in [0.2, 0.25) is 16.6 Å². The zero-order chi connectivity index (χ0) is 27.4. The van der Waals surface area contributed by atoms with Crippen LogP contribution in [0.1, 0.15) is 84.2 Å². The summed E-state index contributed by atoms with van der Waals surface area (Å²) in [6.07, 6.45) is -1.22. The Morgan fingerprint density at radius 2 is 1.53 bits per heavy atom. The van der Waals surface area contributed by atoms with Crippen LogP contribution in [-0.2, 0) is 13.9 Å². The molecular formula is C28H47NO6Si. The summed E-state index contributed by atoms with van der Waals surface area (Å²) in [7, 11) is -0.803. The number of rotatable bonds is 8. The van der Waals surface area contributed by atoms with E-state index in [9.17, 15) is 14.7 Å². The third-order valence-electron chi connectivity index (χ3n) is 7.41. The molecule has 1 N–H and O–H groups in total. The molecule has 1 fully saturated rings. The van der Waals surface area contributed by atoms with E-state index in [1.807, 2.05) is 32.9 Å². The van der Waals surface area contributed by atoms with Crippen molar-refractivity contribution < 1.29 is 28.6 Å². The Bertz CT molecular complexity index is 855. The molecule has 1 aromatic rings. The van der Waals surface area contributed by atoms with Crippen LogP contribution >= 0.6 is 0 Å². The number of amides is 1. The Balaban J connectivity index is 2.41. The van der Waals surface area contributed by atoms with Crippen molar-refractivity contribution in [1.82, 2.24) is 4.90 Å². The van der Waals surface area contributed by atoms with Gasteiger partial charge in [0, 0.05) is 25.0 Å². The highest BCUT2D eigenvalue weighted by atomic mass is 28.4. The first-order valence-electron chi connectivity index (χ1n) is 13.1. The van der Waals surface area contributed by atoms with Crippen LogP contribution in [0.3, 0.4) is 0 Å². The summed E-state index contributed by atoms with van der Waals surface area (Å²) in [5, 5.41) is 11.3. The molecule has 0 aliphatic carbocycles. The van der Waals surface area contributed by atoms with Gasteiger partial charge in [-0.2, -0.15) is 0 Å². The fourth-order valence-electron chi connectivity index (χ4n) is 5.96. The number of ether oxygens (including phenoxy) is 2. The van der Waals surface area contributed by atoms with Crippen molar-refractivity contribution in [2.75, 3.05) is 26.8 Å². The maximum Gasteiger partial charge on any atom is 0.410 e. The predicted octanol–water partition coefficient (Wildman–Crippen LogP) is 5.98. The third-order valence-corrected chi connectivity index (χ3v) is 13.5. The summed E-state index contributed by atoms with van der Waals surface area (Å²) in [6.45, 7) is 20.1. The van der Waals surface area contributed by atoms with Crippen molar-refractivity contribution in [3.63, 3.8) is 0 Å². The fourth-order valence-corrected chi connectivity index (χ4v) is 11.5. The largest absolute Gasteiger partial charge is 0.465 e. The van der Waals surface area contributed by atoms with Crippen molar-refractivity contribution >= 4 is 20.4 Å². The van der Waals surface area contributed by atoms with Crippen LogP contribution in [0.5, 0.6) is 0 Å². The van der Waals surface area contributed by atoms with E-state index in [-0.39, 0.29) is 18.4 Å². The predicted molar refractivity (Wildman–Crippen MR) is 145 cm³/mol. The van der Waals surface area contributed by atoms with E-state index >= 15 is 0 Å². The highest BCUT2D eigenvalue weighted by molar-refractivity contribution is 6.77. The van der Waals surface area contributed by atoms with Gasteiger partial charge < -0.3 is 23.9 Å². The molecule has 8 heteroatoms. The monoisotopic (exact) mass is 521 g/mol. The number of nitrogens with zero attached hydrogens (tertiary/aromatic N) is 1. The highest BCUT2D eigenvalue weighted by Crippen LogP contribution is 2.44. The van der Waals surface area contributed by atoms with Crippen molar-refractivity contribution in [1.29, 1.82) is 0 Å². The molecule has 1 aromatic carbocycles. The van der Waals surface area contributed by atoms with E-state index in [0.717, 1.165) is 5.56 Å². The van der Waals surface area contributed by atoms with Crippen molar-refractivity contribution in [2.45, 2.75) is 96.6 Å². The molecule has 0 bridgehead atoms. The van der Waals surface area contributed by atoms with Crippen LogP contribution in [0, 0.1) is 5.92 Å². The van der Waals surface area contributed by atoms with Gasteiger partial charge in [0.15, 0.2) is 8.32 Å². The van der Waals surface area contributed by atoms with E-state index in [1.165, 1.54) is 7.11 Å². The number of likely N-dealkylation sites (tertiary alicyclic amines) is 1. The zero-order valence-electron chi connectivity index (χ0n) is 23.8. The molecule has 1 saturated heterocycles. The zero-order valence-corrected chi connectivity index (χ0v) is 24.8. The lowest BCUT2D eigenvalue weighted by Gasteiger charge is -2.46. The number of piperidine rings is 1. The molecule has 0 aromatic heterocycles. The van der Waals surface area contributed by atoms with Crippen LogP contribution in [0.15, 0.2) is 24.3 Å². The molecule has 1 aliphatic heterocycles. The summed E-state index contributed by atoms with van der Waals surface area (Å²) in [5.74, 6) is -0.773. The summed E-state index contributed by atoms with van der Waals surface area (Å²) in [4.78, 5) is 26.5. The lowest BCUT2D eigenvalue weighted by molar-refractivity contribution is -0.0238. The SMILES string of the molecule is COC(=O)c1ccc([C@H]2[C@H](CO[Si](C(C)C)(C(C)C)C(C)C)CN(C(=O)OC(C)(C)C)C[C@@H]2O)cc1. The second-order valence-corrected chi connectivity index (χ2v) is 17.4. The first-order chi connectivity index (χ1) is 16.6. The van der Waals surface area contributed by atoms with E-state index in [4.69, 9.17) is 13.9 Å². The maximum atomic E-state index is 12.9. The van der Waals surface area contributed by atoms with Crippen molar-refractivity contribution in [3.05, 3.63) is 35.4 Å². The standard InChI is InChI=1S/C28H47NO6Si/c1-18(2)36(19(3)4,20(5)6)34-17-23-15-29(27(32)35-28(7,8)9)16-24(30)25(23)21-11-13-22(14-12-21)26(31)33-10/h11-14,18-20,23-25,30H,15-17H2,1-10H3/t23-,24-,25-/m0/s1. The van der Waals surface area contributed by atoms with Crippen LogP contribution < -0.4 is 0 Å². The minimum atomic E-state index is -2.16. The van der Waals surface area contributed by atoms with Crippen LogP contribution in [0.4, 0.5) is 4.79 Å². The van der Waals surface area contributed by atoms with Gasteiger partial charge in [0.05, 0.1) is 25.3 Å². The molecule has 0 saturated carbocycles. The van der Waals surface area contributed by atoms with E-state index in [1.54, 1.807) is 17.0 Å². The smallest absolute Gasteiger partial charge is 0.410 e. The summed E-state index contributed by atoms with van der Waals surface area (Å²) >= 11 is 0. The van der Waals surface area contributed by atoms with Gasteiger partial charge in [-0.25, -0.2) is 9.59 Å². The second kappa shape index (κ2) is 12.1. The first-order valence-corrected chi connectivity index (χ1v) is 15.3. The molecule has 36 heavy (non-hydrogen) atoms. The number of hydrogen-bond acceptors (Lipinski definition) is 6. The Kier molecular flexibility index (Phi) is 10.2. The minimum Gasteiger partial charge on any atom is -0.465 e. The molecule has 2 rings (SSSR count). The number of esters is 1. The number of methoxy groups -OCH3 is 1. The van der Waals surface area contributed by atoms with Crippen LogP contribution in [0.25, 0.3) is 0 Å². The van der Waals surface area contributed by atoms with Gasteiger partial charge >= 0.3 is 12.1 Å². The summed E-state index contributed by atoms with van der Waals surface area (Å²) in [5.41, 5.74) is 2.02. The van der Waals surface area contributed by atoms with Gasteiger partial charge in [-0.15, -0.1) is 0 Å². The molecular weight excluding hydrogens is 474 g/mol. The fraction of sp³-hybridized carbons (Fsp3) is 0.714. The number of carbonyl (C=O) groups is 2. The van der Waals surface area contributed by atoms with Crippen molar-refractivity contribution in [3.8, 4) is 0 Å². The number of hydrogen-bond donors (Lipinski definition) is 1. The molecule has 0 radical (unpaired) electrons. The molecule has 0 unspecified atom stereocenters. The van der Waals surface area contributed by atoms with Gasteiger partial charge in [-0.1, -0.05) is 53.7 Å². The molecule has 3 atom stereocenters. The number of β-amino-alcohol motifs (C(OH)–C–C–N with tert-alkyl or cyclic N) is 1. The maximum absolute atomic E-state index is 12.9. The highest BCUT2D eigenvalue weighted by Gasteiger charge is 2.47. The topological polar surface area (TPSA) is 85.3 Å². The average Bonchev–Trinajstić information content (AvgIpc) is 2.77. The van der Waals surface area contributed by atoms with E-state index in [2.05, 4.69) is 41.5 Å². The lowest BCUT2D eigenvalue weighted by Crippen LogP contribution is -2.55. The lowest BCUT2D eigenvalue weighted by atomic mass is 9.79. The Morgan fingerprint density at radius 3 is 1.97 bits per heavy atom. The van der Waals surface area contributed by atoms with Crippen LogP contribution in [-0.4, -0.2) is 68.9 Å². The van der Waals surface area contributed by atoms with E-state index < -0.39 is 32.1 Å². The number of benzene rings is 1. The van der Waals surface area contributed by atoms with E-state index in [0.29, 0.717) is 35.3 Å². The number of aliphatic hydroxyl groups excluding tert-OH is 1. The van der Waals surface area contributed by atoms with Gasteiger partial charge in [-0.3, -0.25) is 0 Å². The average molecular weight is 522 g/mol. The minimum absolute atomic E-state index is 0.131. The molecule has 7 nitrogen and oxygen atoms in total. The molecule has 0 spiro atoms. The quantitative estimate of drug-likeness (QED) is 0.335. The third kappa shape index (κ3) is 6.89. The van der Waals surface area contributed by atoms with Gasteiger partial charge in [-0.05, 0) is 55.1 Å². The number of carbonyl (C=O) groups excluding carboxylic acids is 2. The van der Waals surface area contributed by atoms with Gasteiger partial charge in [0.25, 0.3) is 0 Å². The summed E-state index contributed by atoms with van der Waals surface area (Å²) in [6, 6.07) is 7.19. The molecule has 1 amide bonds. The molecule has 1 aliphatic rings. The second-order valence-electron chi connectivity index (χ2n) is 12.0. The summed E-state index contributed by atoms with van der Waals surface area (Å²) < 4.78 is 17.4. The molecule has 204 valence electrons. The Hall–Kier alpha value is -1.90. The number of aliphatic hydroxyl groups is 1.